The Bertz CT molecular complexity index is 1440. The predicted molar refractivity (Wildman–Crippen MR) is 128 cm³/mol. The van der Waals surface area contributed by atoms with Crippen molar-refractivity contribution in [2.45, 2.75) is 11.4 Å². The quantitative estimate of drug-likeness (QED) is 0.408. The number of benzene rings is 3. The molecule has 0 aliphatic carbocycles. The molecule has 4 aromatic rings. The second kappa shape index (κ2) is 8.90. The maximum absolute atomic E-state index is 12.9. The van der Waals surface area contributed by atoms with E-state index in [1.165, 1.54) is 0 Å². The number of hydrogen-bond acceptors (Lipinski definition) is 6. The number of nitrogens with one attached hydrogen (secondary N) is 2. The van der Waals surface area contributed by atoms with Crippen LogP contribution in [0.4, 0.5) is 11.5 Å². The van der Waals surface area contributed by atoms with E-state index in [2.05, 4.69) is 15.0 Å². The molecule has 0 fully saturated rings. The van der Waals surface area contributed by atoms with Crippen LogP contribution in [0.5, 0.6) is 11.5 Å². The van der Waals surface area contributed by atoms with Crippen LogP contribution >= 0.6 is 11.6 Å². The smallest absolute Gasteiger partial charge is 0.240 e. The van der Waals surface area contributed by atoms with Crippen LogP contribution in [-0.2, 0) is 16.6 Å². The SMILES string of the molecule is O=S(=O)(NCc1ccc2c(c1)OCCO2)c1cccc(Nc2nccc3ccc(Cl)cc23)c1. The van der Waals surface area contributed by atoms with E-state index in [0.717, 1.165) is 16.3 Å². The van der Waals surface area contributed by atoms with Gasteiger partial charge in [0.25, 0.3) is 0 Å². The summed E-state index contributed by atoms with van der Waals surface area (Å²) in [4.78, 5) is 4.53. The molecule has 1 aliphatic rings. The van der Waals surface area contributed by atoms with Gasteiger partial charge in [0, 0.05) is 28.8 Å². The number of nitrogens with zero attached hydrogens (tertiary/aromatic N) is 1. The molecular weight excluding hydrogens is 462 g/mol. The number of anilines is 2. The zero-order chi connectivity index (χ0) is 22.8. The van der Waals surface area contributed by atoms with Gasteiger partial charge in [0.2, 0.25) is 10.0 Å². The number of hydrogen-bond donors (Lipinski definition) is 2. The molecule has 0 radical (unpaired) electrons. The first-order chi connectivity index (χ1) is 16.0. The minimum atomic E-state index is -3.75. The fraction of sp³-hybridized carbons (Fsp3) is 0.125. The molecule has 33 heavy (non-hydrogen) atoms. The Morgan fingerprint density at radius 2 is 1.79 bits per heavy atom. The summed E-state index contributed by atoms with van der Waals surface area (Å²) in [6.07, 6.45) is 1.69. The van der Waals surface area contributed by atoms with Gasteiger partial charge in [-0.05, 0) is 59.5 Å². The molecule has 2 heterocycles. The second-order valence-corrected chi connectivity index (χ2v) is 9.68. The highest BCUT2D eigenvalue weighted by atomic mass is 35.5. The van der Waals surface area contributed by atoms with Crippen LogP contribution in [0.1, 0.15) is 5.56 Å². The lowest BCUT2D eigenvalue weighted by Crippen LogP contribution is -2.23. The average molecular weight is 482 g/mol. The molecular formula is C24H20ClN3O4S. The third-order valence-corrected chi connectivity index (χ3v) is 6.84. The number of sulfonamides is 1. The van der Waals surface area contributed by atoms with Gasteiger partial charge in [0.1, 0.15) is 19.0 Å². The van der Waals surface area contributed by atoms with Crippen molar-refractivity contribution in [2.75, 3.05) is 18.5 Å². The monoisotopic (exact) mass is 481 g/mol. The first kappa shape index (κ1) is 21.5. The lowest BCUT2D eigenvalue weighted by atomic mass is 10.1. The molecule has 0 amide bonds. The van der Waals surface area contributed by atoms with E-state index < -0.39 is 10.0 Å². The number of rotatable bonds is 6. The van der Waals surface area contributed by atoms with E-state index in [0.29, 0.717) is 41.2 Å². The first-order valence-corrected chi connectivity index (χ1v) is 12.1. The molecule has 2 N–H and O–H groups in total. The van der Waals surface area contributed by atoms with Crippen LogP contribution < -0.4 is 19.5 Å². The van der Waals surface area contributed by atoms with E-state index >= 15 is 0 Å². The van der Waals surface area contributed by atoms with Crippen LogP contribution in [0, 0.1) is 0 Å². The van der Waals surface area contributed by atoms with Crippen molar-refractivity contribution in [3.05, 3.63) is 83.5 Å². The molecule has 0 spiro atoms. The number of halogens is 1. The van der Waals surface area contributed by atoms with Gasteiger partial charge < -0.3 is 14.8 Å². The van der Waals surface area contributed by atoms with Crippen LogP contribution in [0.3, 0.4) is 0 Å². The Morgan fingerprint density at radius 3 is 2.67 bits per heavy atom. The maximum Gasteiger partial charge on any atom is 0.240 e. The molecule has 0 saturated heterocycles. The summed E-state index contributed by atoms with van der Waals surface area (Å²) in [6.45, 7) is 1.10. The van der Waals surface area contributed by atoms with Crippen molar-refractivity contribution in [1.29, 1.82) is 0 Å². The van der Waals surface area contributed by atoms with Gasteiger partial charge in [-0.15, -0.1) is 0 Å². The van der Waals surface area contributed by atoms with Gasteiger partial charge in [-0.1, -0.05) is 29.8 Å². The predicted octanol–water partition coefficient (Wildman–Crippen LogP) is 4.88. The first-order valence-electron chi connectivity index (χ1n) is 10.3. The van der Waals surface area contributed by atoms with Crippen molar-refractivity contribution >= 4 is 43.9 Å². The van der Waals surface area contributed by atoms with Gasteiger partial charge >= 0.3 is 0 Å². The Morgan fingerprint density at radius 1 is 0.939 bits per heavy atom. The Kier molecular flexibility index (Phi) is 5.80. The van der Waals surface area contributed by atoms with E-state index in [-0.39, 0.29) is 11.4 Å². The fourth-order valence-electron chi connectivity index (χ4n) is 3.58. The highest BCUT2D eigenvalue weighted by molar-refractivity contribution is 7.89. The van der Waals surface area contributed by atoms with Crippen molar-refractivity contribution in [3.8, 4) is 11.5 Å². The molecule has 1 aliphatic heterocycles. The third kappa shape index (κ3) is 4.73. The van der Waals surface area contributed by atoms with Crippen LogP contribution in [-0.4, -0.2) is 26.6 Å². The normalized spacial score (nSPS) is 13.1. The summed E-state index contributed by atoms with van der Waals surface area (Å²) in [5.41, 5.74) is 1.37. The van der Waals surface area contributed by atoms with Crippen LogP contribution in [0.15, 0.2) is 77.8 Å². The molecule has 5 rings (SSSR count). The van der Waals surface area contributed by atoms with E-state index in [4.69, 9.17) is 21.1 Å². The molecule has 0 saturated carbocycles. The van der Waals surface area contributed by atoms with Gasteiger partial charge in [0.05, 0.1) is 4.90 Å². The number of ether oxygens (including phenoxy) is 2. The maximum atomic E-state index is 12.9. The molecule has 3 aromatic carbocycles. The molecule has 9 heteroatoms. The van der Waals surface area contributed by atoms with Crippen LogP contribution in [0.25, 0.3) is 10.8 Å². The summed E-state index contributed by atoms with van der Waals surface area (Å²) in [7, 11) is -3.75. The van der Waals surface area contributed by atoms with Gasteiger partial charge in [-0.3, -0.25) is 0 Å². The number of pyridine rings is 1. The number of fused-ring (bicyclic) bond motifs is 2. The minimum Gasteiger partial charge on any atom is -0.486 e. The minimum absolute atomic E-state index is 0.125. The highest BCUT2D eigenvalue weighted by Gasteiger charge is 2.17. The third-order valence-electron chi connectivity index (χ3n) is 5.21. The molecule has 0 atom stereocenters. The molecule has 0 bridgehead atoms. The standard InChI is InChI=1S/C24H20ClN3O4S/c25-18-6-5-17-8-9-26-24(21(17)13-18)28-19-2-1-3-20(14-19)33(29,30)27-15-16-4-7-22-23(12-16)32-11-10-31-22/h1-9,12-14,27H,10-11,15H2,(H,26,28). The Hall–Kier alpha value is -3.33. The van der Waals surface area contributed by atoms with Crippen molar-refractivity contribution < 1.29 is 17.9 Å². The summed E-state index contributed by atoms with van der Waals surface area (Å²) in [6, 6.07) is 19.4. The van der Waals surface area contributed by atoms with Crippen molar-refractivity contribution in [2.24, 2.45) is 0 Å². The van der Waals surface area contributed by atoms with E-state index in [1.807, 2.05) is 30.3 Å². The van der Waals surface area contributed by atoms with E-state index in [9.17, 15) is 8.42 Å². The summed E-state index contributed by atoms with van der Waals surface area (Å²) < 4.78 is 39.6. The number of aromatic nitrogens is 1. The van der Waals surface area contributed by atoms with Gasteiger partial charge in [0.15, 0.2) is 11.5 Å². The van der Waals surface area contributed by atoms with Crippen molar-refractivity contribution in [3.63, 3.8) is 0 Å². The van der Waals surface area contributed by atoms with E-state index in [1.54, 1.807) is 42.6 Å². The molecule has 168 valence electrons. The summed E-state index contributed by atoms with van der Waals surface area (Å²) in [5.74, 6) is 1.87. The fourth-order valence-corrected chi connectivity index (χ4v) is 4.81. The molecule has 0 unspecified atom stereocenters. The summed E-state index contributed by atoms with van der Waals surface area (Å²) in [5, 5.41) is 5.61. The van der Waals surface area contributed by atoms with Gasteiger partial charge in [-0.2, -0.15) is 0 Å². The molecule has 7 nitrogen and oxygen atoms in total. The zero-order valence-electron chi connectivity index (χ0n) is 17.4. The largest absolute Gasteiger partial charge is 0.486 e. The van der Waals surface area contributed by atoms with Crippen LogP contribution in [0.2, 0.25) is 5.02 Å². The lowest BCUT2D eigenvalue weighted by Gasteiger charge is -2.19. The Balaban J connectivity index is 1.35. The summed E-state index contributed by atoms with van der Waals surface area (Å²) >= 11 is 6.15. The van der Waals surface area contributed by atoms with Gasteiger partial charge in [-0.25, -0.2) is 18.1 Å². The Labute approximate surface area is 196 Å². The zero-order valence-corrected chi connectivity index (χ0v) is 19.0. The topological polar surface area (TPSA) is 89.6 Å². The average Bonchev–Trinajstić information content (AvgIpc) is 2.83. The lowest BCUT2D eigenvalue weighted by molar-refractivity contribution is 0.171. The van der Waals surface area contributed by atoms with Crippen molar-refractivity contribution in [1.82, 2.24) is 9.71 Å². The molecule has 1 aromatic heterocycles. The highest BCUT2D eigenvalue weighted by Crippen LogP contribution is 2.31. The second-order valence-electron chi connectivity index (χ2n) is 7.48.